The highest BCUT2D eigenvalue weighted by Gasteiger charge is 2.17. The molecular formula is C22H20NO2P. The lowest BCUT2D eigenvalue weighted by atomic mass is 9.91. The summed E-state index contributed by atoms with van der Waals surface area (Å²) in [6.07, 6.45) is 6.42. The lowest BCUT2D eigenvalue weighted by molar-refractivity contribution is 0.634. The van der Waals surface area contributed by atoms with Gasteiger partial charge in [-0.3, -0.25) is 0 Å². The van der Waals surface area contributed by atoms with Crippen LogP contribution in [0.2, 0.25) is 0 Å². The maximum atomic E-state index is 6.36. The van der Waals surface area contributed by atoms with E-state index in [1.807, 2.05) is 18.8 Å². The van der Waals surface area contributed by atoms with E-state index in [1.165, 1.54) is 27.3 Å². The Morgan fingerprint density at radius 2 is 1.54 bits per heavy atom. The second-order valence-corrected chi connectivity index (χ2v) is 8.52. The zero-order valence-corrected chi connectivity index (χ0v) is 15.8. The minimum absolute atomic E-state index is 0.908. The third kappa shape index (κ3) is 2.39. The number of nitrogens with zero attached hydrogens (tertiary/aromatic N) is 1. The molecule has 0 amide bonds. The highest BCUT2D eigenvalue weighted by atomic mass is 31.1. The van der Waals surface area contributed by atoms with Crippen molar-refractivity contribution in [3.8, 4) is 0 Å². The second kappa shape index (κ2) is 6.05. The zero-order chi connectivity index (χ0) is 17.7. The number of rotatable bonds is 1. The molecule has 0 saturated heterocycles. The van der Waals surface area contributed by atoms with Gasteiger partial charge in [0, 0.05) is 24.9 Å². The van der Waals surface area contributed by atoms with Crippen LogP contribution in [0.25, 0.3) is 32.7 Å². The molecule has 3 aromatic carbocycles. The second-order valence-electron chi connectivity index (χ2n) is 6.88. The van der Waals surface area contributed by atoms with Crippen molar-refractivity contribution in [3.05, 3.63) is 71.8 Å². The Kier molecular flexibility index (Phi) is 3.66. The lowest BCUT2D eigenvalue weighted by Crippen LogP contribution is -2.02. The lowest BCUT2D eigenvalue weighted by Gasteiger charge is -2.13. The predicted molar refractivity (Wildman–Crippen MR) is 110 cm³/mol. The van der Waals surface area contributed by atoms with Gasteiger partial charge in [-0.1, -0.05) is 48.6 Å². The zero-order valence-electron chi connectivity index (χ0n) is 14.9. The van der Waals surface area contributed by atoms with Gasteiger partial charge < -0.3 is 8.39 Å². The molecule has 1 aliphatic rings. The molecule has 0 radical (unpaired) electrons. The molecule has 0 bridgehead atoms. The molecule has 4 aromatic rings. The van der Waals surface area contributed by atoms with E-state index in [9.17, 15) is 0 Å². The highest BCUT2D eigenvalue weighted by Crippen LogP contribution is 2.41. The van der Waals surface area contributed by atoms with Crippen molar-refractivity contribution in [3.63, 3.8) is 0 Å². The minimum atomic E-state index is -1.18. The monoisotopic (exact) mass is 361 g/mol. The highest BCUT2D eigenvalue weighted by molar-refractivity contribution is 7.38. The molecule has 0 spiro atoms. The fourth-order valence-electron chi connectivity index (χ4n) is 3.79. The van der Waals surface area contributed by atoms with Crippen molar-refractivity contribution >= 4 is 40.9 Å². The van der Waals surface area contributed by atoms with Crippen molar-refractivity contribution in [1.82, 2.24) is 0 Å². The van der Waals surface area contributed by atoms with Crippen molar-refractivity contribution in [2.45, 2.75) is 12.8 Å². The minimum Gasteiger partial charge on any atom is -0.408 e. The quantitative estimate of drug-likeness (QED) is 0.373. The molecule has 0 saturated carbocycles. The molecule has 3 nitrogen and oxygen atoms in total. The van der Waals surface area contributed by atoms with Gasteiger partial charge in [-0.05, 0) is 46.9 Å². The molecule has 5 rings (SSSR count). The molecule has 1 aliphatic carbocycles. The summed E-state index contributed by atoms with van der Waals surface area (Å²) < 4.78 is 14.7. The number of allylic oxidation sites excluding steroid dienone is 2. The first-order chi connectivity index (χ1) is 12.7. The van der Waals surface area contributed by atoms with E-state index < -0.39 is 8.16 Å². The number of hydrogen-bond acceptors (Lipinski definition) is 3. The third-order valence-corrected chi connectivity index (χ3v) is 6.38. The van der Waals surface area contributed by atoms with Gasteiger partial charge in [0.1, 0.15) is 11.2 Å². The fraction of sp³-hybridized carbons (Fsp3) is 0.182. The average molecular weight is 361 g/mol. The van der Waals surface area contributed by atoms with Crippen molar-refractivity contribution in [2.24, 2.45) is 0 Å². The van der Waals surface area contributed by atoms with Crippen LogP contribution in [-0.4, -0.2) is 14.1 Å². The Labute approximate surface area is 153 Å². The maximum Gasteiger partial charge on any atom is 0.309 e. The molecule has 0 N–H and O–H groups in total. The summed E-state index contributed by atoms with van der Waals surface area (Å²) in [7, 11) is 2.81. The summed E-state index contributed by atoms with van der Waals surface area (Å²) >= 11 is 0. The molecule has 130 valence electrons. The van der Waals surface area contributed by atoms with Crippen LogP contribution in [-0.2, 0) is 12.8 Å². The van der Waals surface area contributed by atoms with Crippen LogP contribution in [0.5, 0.6) is 0 Å². The summed E-state index contributed by atoms with van der Waals surface area (Å²) in [5.41, 5.74) is 4.57. The molecule has 0 fully saturated rings. The van der Waals surface area contributed by atoms with E-state index in [2.05, 4.69) is 60.7 Å². The first kappa shape index (κ1) is 15.7. The van der Waals surface area contributed by atoms with E-state index >= 15 is 0 Å². The van der Waals surface area contributed by atoms with E-state index in [0.717, 1.165) is 29.4 Å². The molecule has 4 heteroatoms. The SMILES string of the molecule is CN(C)p1oc2ccc3c(c2c2c(ccc4ccccc42)o1)CC=CC3. The molecule has 1 unspecified atom stereocenters. The Balaban J connectivity index is 2.10. The predicted octanol–water partition coefficient (Wildman–Crippen LogP) is 6.30. The van der Waals surface area contributed by atoms with Crippen LogP contribution in [0.4, 0.5) is 0 Å². The molecule has 1 aromatic heterocycles. The fourth-order valence-corrected chi connectivity index (χ4v) is 4.80. The Morgan fingerprint density at radius 1 is 0.808 bits per heavy atom. The van der Waals surface area contributed by atoms with Crippen LogP contribution in [0, 0.1) is 0 Å². The van der Waals surface area contributed by atoms with Gasteiger partial charge in [-0.25, -0.2) is 4.67 Å². The Bertz CT molecular complexity index is 1220. The van der Waals surface area contributed by atoms with Crippen LogP contribution in [0.15, 0.2) is 69.1 Å². The van der Waals surface area contributed by atoms with Gasteiger partial charge in [0.05, 0.1) is 0 Å². The van der Waals surface area contributed by atoms with Crippen molar-refractivity contribution in [2.75, 3.05) is 18.8 Å². The Morgan fingerprint density at radius 3 is 2.38 bits per heavy atom. The topological polar surface area (TPSA) is 29.5 Å². The van der Waals surface area contributed by atoms with Gasteiger partial charge in [0.25, 0.3) is 0 Å². The third-order valence-electron chi connectivity index (χ3n) is 5.02. The van der Waals surface area contributed by atoms with Gasteiger partial charge in [-0.2, -0.15) is 0 Å². The molecule has 0 aliphatic heterocycles. The number of benzene rings is 3. The van der Waals surface area contributed by atoms with E-state index in [4.69, 9.17) is 8.39 Å². The maximum absolute atomic E-state index is 6.36. The van der Waals surface area contributed by atoms with Crippen molar-refractivity contribution in [1.29, 1.82) is 0 Å². The summed E-state index contributed by atoms with van der Waals surface area (Å²) in [6.45, 7) is 0. The normalized spacial score (nSPS) is 14.3. The average Bonchev–Trinajstić information content (AvgIpc) is 2.85. The first-order valence-electron chi connectivity index (χ1n) is 8.87. The number of hydrogen-bond donors (Lipinski definition) is 0. The van der Waals surface area contributed by atoms with Crippen LogP contribution >= 0.6 is 8.16 Å². The van der Waals surface area contributed by atoms with Crippen molar-refractivity contribution < 1.29 is 8.39 Å². The van der Waals surface area contributed by atoms with Gasteiger partial charge >= 0.3 is 8.16 Å². The van der Waals surface area contributed by atoms with Crippen LogP contribution < -0.4 is 4.67 Å². The summed E-state index contributed by atoms with van der Waals surface area (Å²) in [5.74, 6) is 0. The Hall–Kier alpha value is -2.48. The van der Waals surface area contributed by atoms with Gasteiger partial charge in [0.15, 0.2) is 0 Å². The first-order valence-corrected chi connectivity index (χ1v) is 10.0. The summed E-state index contributed by atoms with van der Waals surface area (Å²) in [6, 6.07) is 17.1. The largest absolute Gasteiger partial charge is 0.408 e. The molecule has 26 heavy (non-hydrogen) atoms. The molecular weight excluding hydrogens is 341 g/mol. The van der Waals surface area contributed by atoms with E-state index in [0.29, 0.717) is 0 Å². The van der Waals surface area contributed by atoms with E-state index in [-0.39, 0.29) is 0 Å². The van der Waals surface area contributed by atoms with Gasteiger partial charge in [0.2, 0.25) is 0 Å². The smallest absolute Gasteiger partial charge is 0.309 e. The standard InChI is InChI=1S/C22H20NO2P/c1-23(2)26-24-19-13-11-15-7-3-5-9-17(15)21(19)22-18-10-6-4-8-16(18)12-14-20(22)25-26/h3-7,9,11-14H,8,10H2,1-2H3. The summed E-state index contributed by atoms with van der Waals surface area (Å²) in [4.78, 5) is 0. The van der Waals surface area contributed by atoms with Crippen LogP contribution in [0.3, 0.4) is 0 Å². The van der Waals surface area contributed by atoms with Crippen LogP contribution in [0.1, 0.15) is 11.1 Å². The summed E-state index contributed by atoms with van der Waals surface area (Å²) in [5, 5.41) is 4.80. The van der Waals surface area contributed by atoms with Gasteiger partial charge in [-0.15, -0.1) is 0 Å². The molecule has 1 heterocycles. The molecule has 1 atom stereocenters. The van der Waals surface area contributed by atoms with E-state index in [1.54, 1.807) is 0 Å². The number of fused-ring (bicyclic) bond motifs is 7.